The standard InChI is InChI=1S/C14H11ClO2/c1-9-10(7-4-8-13(9)15)11-5-2-3-6-12(11)14(16)17/h2-8H,1H3,(H,16,17). The molecule has 86 valence electrons. The number of aromatic carboxylic acids is 1. The van der Waals surface area contributed by atoms with Crippen LogP contribution in [0.5, 0.6) is 0 Å². The van der Waals surface area contributed by atoms with Crippen molar-refractivity contribution in [3.8, 4) is 11.1 Å². The number of rotatable bonds is 2. The second-order valence-corrected chi connectivity index (χ2v) is 4.17. The number of hydrogen-bond acceptors (Lipinski definition) is 1. The molecule has 2 nitrogen and oxygen atoms in total. The van der Waals surface area contributed by atoms with Crippen LogP contribution in [-0.2, 0) is 0 Å². The first-order chi connectivity index (χ1) is 8.11. The van der Waals surface area contributed by atoms with Crippen LogP contribution in [-0.4, -0.2) is 11.1 Å². The van der Waals surface area contributed by atoms with Crippen LogP contribution in [0.1, 0.15) is 15.9 Å². The van der Waals surface area contributed by atoms with Gasteiger partial charge in [0.1, 0.15) is 0 Å². The Bertz CT molecular complexity index is 576. The van der Waals surface area contributed by atoms with Crippen molar-refractivity contribution >= 4 is 17.6 Å². The van der Waals surface area contributed by atoms with Gasteiger partial charge in [0.05, 0.1) is 5.56 Å². The highest BCUT2D eigenvalue weighted by Gasteiger charge is 2.13. The molecule has 0 spiro atoms. The Hall–Kier alpha value is -1.80. The van der Waals surface area contributed by atoms with Crippen LogP contribution in [0, 0.1) is 6.92 Å². The third kappa shape index (κ3) is 2.17. The van der Waals surface area contributed by atoms with Gasteiger partial charge in [-0.25, -0.2) is 4.79 Å². The van der Waals surface area contributed by atoms with Gasteiger partial charge in [-0.2, -0.15) is 0 Å². The third-order valence-electron chi connectivity index (χ3n) is 2.72. The Morgan fingerprint density at radius 3 is 2.41 bits per heavy atom. The van der Waals surface area contributed by atoms with Crippen molar-refractivity contribution in [3.63, 3.8) is 0 Å². The molecule has 2 aromatic carbocycles. The zero-order chi connectivity index (χ0) is 12.4. The molecule has 0 radical (unpaired) electrons. The maximum atomic E-state index is 11.2. The minimum absolute atomic E-state index is 0.290. The smallest absolute Gasteiger partial charge is 0.336 e. The van der Waals surface area contributed by atoms with Crippen molar-refractivity contribution in [2.24, 2.45) is 0 Å². The van der Waals surface area contributed by atoms with Crippen molar-refractivity contribution < 1.29 is 9.90 Å². The second-order valence-electron chi connectivity index (χ2n) is 3.76. The number of carboxylic acid groups (broad SMARTS) is 1. The average Bonchev–Trinajstić information content (AvgIpc) is 2.33. The molecule has 0 saturated heterocycles. The first-order valence-corrected chi connectivity index (χ1v) is 5.57. The molecule has 0 aliphatic carbocycles. The molecule has 3 heteroatoms. The molecule has 0 fully saturated rings. The Balaban J connectivity index is 2.69. The molecule has 0 atom stereocenters. The lowest BCUT2D eigenvalue weighted by atomic mass is 9.96. The predicted octanol–water partition coefficient (Wildman–Crippen LogP) is 4.01. The summed E-state index contributed by atoms with van der Waals surface area (Å²) in [6, 6.07) is 12.4. The summed E-state index contributed by atoms with van der Waals surface area (Å²) in [5.74, 6) is -0.931. The highest BCUT2D eigenvalue weighted by Crippen LogP contribution is 2.30. The number of hydrogen-bond donors (Lipinski definition) is 1. The van der Waals surface area contributed by atoms with E-state index in [0.717, 1.165) is 11.1 Å². The van der Waals surface area contributed by atoms with Crippen molar-refractivity contribution in [1.82, 2.24) is 0 Å². The molecule has 2 aromatic rings. The van der Waals surface area contributed by atoms with Crippen molar-refractivity contribution in [2.75, 3.05) is 0 Å². The van der Waals surface area contributed by atoms with Crippen molar-refractivity contribution in [3.05, 3.63) is 58.6 Å². The van der Waals surface area contributed by atoms with E-state index in [4.69, 9.17) is 16.7 Å². The summed E-state index contributed by atoms with van der Waals surface area (Å²) in [5.41, 5.74) is 2.73. The van der Waals surface area contributed by atoms with E-state index in [1.807, 2.05) is 25.1 Å². The Morgan fingerprint density at radius 1 is 1.06 bits per heavy atom. The number of benzene rings is 2. The van der Waals surface area contributed by atoms with E-state index in [0.29, 0.717) is 10.6 Å². The van der Waals surface area contributed by atoms with E-state index in [2.05, 4.69) is 0 Å². The molecule has 0 aliphatic heterocycles. The summed E-state index contributed by atoms with van der Waals surface area (Å²) in [6.07, 6.45) is 0. The van der Waals surface area contributed by atoms with Gasteiger partial charge in [0.25, 0.3) is 0 Å². The molecule has 0 unspecified atom stereocenters. The van der Waals surface area contributed by atoms with Crippen molar-refractivity contribution in [2.45, 2.75) is 6.92 Å². The van der Waals surface area contributed by atoms with Crippen LogP contribution in [0.25, 0.3) is 11.1 Å². The first kappa shape index (κ1) is 11.7. The van der Waals surface area contributed by atoms with Crippen LogP contribution in [0.2, 0.25) is 5.02 Å². The Labute approximate surface area is 104 Å². The fourth-order valence-electron chi connectivity index (χ4n) is 1.80. The first-order valence-electron chi connectivity index (χ1n) is 5.19. The number of carbonyl (C=O) groups is 1. The lowest BCUT2D eigenvalue weighted by molar-refractivity contribution is 0.0698. The van der Waals surface area contributed by atoms with E-state index in [9.17, 15) is 4.79 Å². The fourth-order valence-corrected chi connectivity index (χ4v) is 1.98. The molecule has 0 bridgehead atoms. The minimum Gasteiger partial charge on any atom is -0.478 e. The topological polar surface area (TPSA) is 37.3 Å². The average molecular weight is 247 g/mol. The van der Waals surface area contributed by atoms with Gasteiger partial charge in [-0.3, -0.25) is 0 Å². The zero-order valence-electron chi connectivity index (χ0n) is 9.27. The van der Waals surface area contributed by atoms with Gasteiger partial charge in [0, 0.05) is 5.02 Å². The lowest BCUT2D eigenvalue weighted by Gasteiger charge is -2.10. The van der Waals surface area contributed by atoms with Gasteiger partial charge in [0.2, 0.25) is 0 Å². The SMILES string of the molecule is Cc1c(Cl)cccc1-c1ccccc1C(=O)O. The Kier molecular flexibility index (Phi) is 3.16. The molecular formula is C14H11ClO2. The molecule has 0 aromatic heterocycles. The van der Waals surface area contributed by atoms with E-state index >= 15 is 0 Å². The van der Waals surface area contributed by atoms with Gasteiger partial charge in [-0.05, 0) is 35.7 Å². The van der Waals surface area contributed by atoms with Crippen LogP contribution in [0.15, 0.2) is 42.5 Å². The molecule has 17 heavy (non-hydrogen) atoms. The van der Waals surface area contributed by atoms with Gasteiger partial charge in [-0.15, -0.1) is 0 Å². The summed E-state index contributed by atoms with van der Waals surface area (Å²) in [7, 11) is 0. The van der Waals surface area contributed by atoms with Crippen molar-refractivity contribution in [1.29, 1.82) is 0 Å². The minimum atomic E-state index is -0.931. The summed E-state index contributed by atoms with van der Waals surface area (Å²) >= 11 is 6.05. The van der Waals surface area contributed by atoms with E-state index in [1.54, 1.807) is 24.3 Å². The van der Waals surface area contributed by atoms with Gasteiger partial charge in [-0.1, -0.05) is 41.9 Å². The van der Waals surface area contributed by atoms with Crippen LogP contribution >= 0.6 is 11.6 Å². The lowest BCUT2D eigenvalue weighted by Crippen LogP contribution is -1.99. The van der Waals surface area contributed by atoms with Gasteiger partial charge in [0.15, 0.2) is 0 Å². The Morgan fingerprint density at radius 2 is 1.71 bits per heavy atom. The summed E-state index contributed by atoms with van der Waals surface area (Å²) in [5, 5.41) is 9.80. The molecule has 0 aliphatic rings. The van der Waals surface area contributed by atoms with Crippen LogP contribution < -0.4 is 0 Å². The highest BCUT2D eigenvalue weighted by molar-refractivity contribution is 6.31. The summed E-state index contributed by atoms with van der Waals surface area (Å²) < 4.78 is 0. The quantitative estimate of drug-likeness (QED) is 0.869. The second kappa shape index (κ2) is 4.60. The highest BCUT2D eigenvalue weighted by atomic mass is 35.5. The number of carboxylic acids is 1. The molecule has 1 N–H and O–H groups in total. The summed E-state index contributed by atoms with van der Waals surface area (Å²) in [4.78, 5) is 11.2. The maximum Gasteiger partial charge on any atom is 0.336 e. The maximum absolute atomic E-state index is 11.2. The van der Waals surface area contributed by atoms with E-state index < -0.39 is 5.97 Å². The molecule has 0 heterocycles. The van der Waals surface area contributed by atoms with E-state index in [-0.39, 0.29) is 5.56 Å². The monoisotopic (exact) mass is 246 g/mol. The molecular weight excluding hydrogens is 236 g/mol. The molecule has 2 rings (SSSR count). The summed E-state index contributed by atoms with van der Waals surface area (Å²) in [6.45, 7) is 1.89. The largest absolute Gasteiger partial charge is 0.478 e. The fraction of sp³-hybridized carbons (Fsp3) is 0.0714. The van der Waals surface area contributed by atoms with Gasteiger partial charge < -0.3 is 5.11 Å². The predicted molar refractivity (Wildman–Crippen MR) is 68.6 cm³/mol. The number of halogens is 1. The van der Waals surface area contributed by atoms with Crippen LogP contribution in [0.3, 0.4) is 0 Å². The zero-order valence-corrected chi connectivity index (χ0v) is 10.0. The van der Waals surface area contributed by atoms with Gasteiger partial charge >= 0.3 is 5.97 Å². The third-order valence-corrected chi connectivity index (χ3v) is 3.12. The molecule has 0 saturated carbocycles. The van der Waals surface area contributed by atoms with E-state index in [1.165, 1.54) is 0 Å². The van der Waals surface area contributed by atoms with Crippen LogP contribution in [0.4, 0.5) is 0 Å². The normalized spacial score (nSPS) is 10.2. The molecule has 0 amide bonds.